The highest BCUT2D eigenvalue weighted by Crippen LogP contribution is 2.28. The summed E-state index contributed by atoms with van der Waals surface area (Å²) in [6, 6.07) is 17.3. The van der Waals surface area contributed by atoms with Crippen molar-refractivity contribution >= 4 is 11.6 Å². The number of rotatable bonds is 4. The van der Waals surface area contributed by atoms with Crippen molar-refractivity contribution in [1.29, 1.82) is 0 Å². The smallest absolute Gasteiger partial charge is 0.0408 e. The van der Waals surface area contributed by atoms with Crippen molar-refractivity contribution in [1.82, 2.24) is 0 Å². The van der Waals surface area contributed by atoms with Gasteiger partial charge in [0.15, 0.2) is 0 Å². The Hall–Kier alpha value is -1.27. The first-order chi connectivity index (χ1) is 9.90. The van der Waals surface area contributed by atoms with Gasteiger partial charge in [-0.15, -0.1) is 0 Å². The van der Waals surface area contributed by atoms with Crippen LogP contribution in [0.25, 0.3) is 0 Å². The van der Waals surface area contributed by atoms with Crippen molar-refractivity contribution in [2.45, 2.75) is 51.9 Å². The Kier molecular flexibility index (Phi) is 5.11. The van der Waals surface area contributed by atoms with Gasteiger partial charge in [-0.3, -0.25) is 0 Å². The van der Waals surface area contributed by atoms with E-state index in [1.165, 1.54) is 16.7 Å². The predicted molar refractivity (Wildman–Crippen MR) is 93.3 cm³/mol. The van der Waals surface area contributed by atoms with Gasteiger partial charge in [0.1, 0.15) is 0 Å². The van der Waals surface area contributed by atoms with E-state index in [0.29, 0.717) is 5.92 Å². The molecule has 0 spiro atoms. The molecule has 1 atom stereocenters. The summed E-state index contributed by atoms with van der Waals surface area (Å²) in [4.78, 5) is 0. The molecule has 0 saturated heterocycles. The molecule has 0 heterocycles. The average Bonchev–Trinajstić information content (AvgIpc) is 2.44. The zero-order valence-corrected chi connectivity index (χ0v) is 14.2. The van der Waals surface area contributed by atoms with Crippen LogP contribution in [0.5, 0.6) is 0 Å². The highest BCUT2D eigenvalue weighted by atomic mass is 35.5. The van der Waals surface area contributed by atoms with E-state index in [-0.39, 0.29) is 5.41 Å². The molecule has 0 aliphatic carbocycles. The first kappa shape index (κ1) is 16.1. The van der Waals surface area contributed by atoms with Crippen LogP contribution in [0.1, 0.15) is 56.7 Å². The zero-order valence-electron chi connectivity index (χ0n) is 13.5. The molecular formula is C20H25Cl. The molecule has 0 N–H and O–H groups in total. The van der Waals surface area contributed by atoms with Crippen molar-refractivity contribution in [3.05, 3.63) is 70.2 Å². The van der Waals surface area contributed by atoms with Crippen LogP contribution in [0.3, 0.4) is 0 Å². The second-order valence-electron chi connectivity index (χ2n) is 6.81. The van der Waals surface area contributed by atoms with Gasteiger partial charge in [-0.2, -0.15) is 0 Å². The lowest BCUT2D eigenvalue weighted by molar-refractivity contribution is 0.589. The molecule has 2 rings (SSSR count). The van der Waals surface area contributed by atoms with E-state index < -0.39 is 0 Å². The minimum absolute atomic E-state index is 0.218. The molecule has 0 aliphatic heterocycles. The summed E-state index contributed by atoms with van der Waals surface area (Å²) in [5, 5.41) is 0.828. The van der Waals surface area contributed by atoms with Gasteiger partial charge in [0, 0.05) is 5.02 Å². The molecule has 2 aromatic carbocycles. The fraction of sp³-hybridized carbons (Fsp3) is 0.400. The fourth-order valence-electron chi connectivity index (χ4n) is 2.68. The molecular weight excluding hydrogens is 276 g/mol. The molecule has 2 aromatic rings. The number of benzene rings is 2. The maximum atomic E-state index is 6.12. The van der Waals surface area contributed by atoms with E-state index in [1.54, 1.807) is 0 Å². The highest BCUT2D eigenvalue weighted by molar-refractivity contribution is 6.30. The van der Waals surface area contributed by atoms with Crippen LogP contribution in [-0.4, -0.2) is 0 Å². The Balaban J connectivity index is 2.15. The Morgan fingerprint density at radius 1 is 1.00 bits per heavy atom. The maximum absolute atomic E-state index is 6.12. The van der Waals surface area contributed by atoms with Crippen LogP contribution in [-0.2, 0) is 11.8 Å². The molecule has 112 valence electrons. The van der Waals surface area contributed by atoms with Crippen molar-refractivity contribution in [3.8, 4) is 0 Å². The summed E-state index contributed by atoms with van der Waals surface area (Å²) in [5.41, 5.74) is 4.34. The normalized spacial score (nSPS) is 13.2. The quantitative estimate of drug-likeness (QED) is 0.615. The standard InChI is InChI=1S/C20H25Cl/c1-5-16(17-7-6-8-19(21)14-17)13-15-9-11-18(12-10-15)20(2,3)4/h6-12,14,16H,5,13H2,1-4H3. The third-order valence-corrected chi connectivity index (χ3v) is 4.35. The lowest BCUT2D eigenvalue weighted by atomic mass is 9.85. The van der Waals surface area contributed by atoms with Crippen LogP contribution in [0.15, 0.2) is 48.5 Å². The average molecular weight is 301 g/mol. The molecule has 0 bridgehead atoms. The summed E-state index contributed by atoms with van der Waals surface area (Å²) in [6.45, 7) is 9.00. The topological polar surface area (TPSA) is 0 Å². The first-order valence-corrected chi connectivity index (χ1v) is 8.13. The van der Waals surface area contributed by atoms with Crippen molar-refractivity contribution in [3.63, 3.8) is 0 Å². The van der Waals surface area contributed by atoms with E-state index >= 15 is 0 Å². The Bertz CT molecular complexity index is 576. The molecule has 21 heavy (non-hydrogen) atoms. The number of hydrogen-bond donors (Lipinski definition) is 0. The second-order valence-corrected chi connectivity index (χ2v) is 7.25. The second kappa shape index (κ2) is 6.66. The Labute approximate surface area is 134 Å². The van der Waals surface area contributed by atoms with Gasteiger partial charge in [0.05, 0.1) is 0 Å². The van der Waals surface area contributed by atoms with Gasteiger partial charge in [0.25, 0.3) is 0 Å². The zero-order chi connectivity index (χ0) is 15.5. The van der Waals surface area contributed by atoms with Crippen molar-refractivity contribution < 1.29 is 0 Å². The van der Waals surface area contributed by atoms with E-state index in [2.05, 4.69) is 64.1 Å². The molecule has 0 amide bonds. The van der Waals surface area contributed by atoms with Gasteiger partial charge in [-0.25, -0.2) is 0 Å². The summed E-state index contributed by atoms with van der Waals surface area (Å²) in [7, 11) is 0. The summed E-state index contributed by atoms with van der Waals surface area (Å²) >= 11 is 6.12. The molecule has 0 aliphatic rings. The molecule has 1 unspecified atom stereocenters. The van der Waals surface area contributed by atoms with Gasteiger partial charge in [-0.05, 0) is 53.0 Å². The van der Waals surface area contributed by atoms with Crippen molar-refractivity contribution in [2.24, 2.45) is 0 Å². The minimum Gasteiger partial charge on any atom is -0.0843 e. The lowest BCUT2D eigenvalue weighted by Crippen LogP contribution is -2.11. The van der Waals surface area contributed by atoms with Crippen LogP contribution >= 0.6 is 11.6 Å². The van der Waals surface area contributed by atoms with E-state index in [9.17, 15) is 0 Å². The van der Waals surface area contributed by atoms with Gasteiger partial charge in [-0.1, -0.05) is 75.7 Å². The van der Waals surface area contributed by atoms with Gasteiger partial charge >= 0.3 is 0 Å². The van der Waals surface area contributed by atoms with E-state index in [4.69, 9.17) is 11.6 Å². The number of halogens is 1. The third kappa shape index (κ3) is 4.35. The summed E-state index contributed by atoms with van der Waals surface area (Å²) in [6.07, 6.45) is 2.20. The lowest BCUT2D eigenvalue weighted by Gasteiger charge is -2.20. The third-order valence-electron chi connectivity index (χ3n) is 4.11. The maximum Gasteiger partial charge on any atom is 0.0408 e. The van der Waals surface area contributed by atoms with Gasteiger partial charge < -0.3 is 0 Å². The largest absolute Gasteiger partial charge is 0.0843 e. The predicted octanol–water partition coefficient (Wildman–Crippen LogP) is 6.37. The highest BCUT2D eigenvalue weighted by Gasteiger charge is 2.14. The Morgan fingerprint density at radius 3 is 2.19 bits per heavy atom. The monoisotopic (exact) mass is 300 g/mol. The molecule has 0 aromatic heterocycles. The fourth-order valence-corrected chi connectivity index (χ4v) is 2.88. The van der Waals surface area contributed by atoms with Crippen molar-refractivity contribution in [2.75, 3.05) is 0 Å². The van der Waals surface area contributed by atoms with Crippen LogP contribution in [0, 0.1) is 0 Å². The van der Waals surface area contributed by atoms with Crippen LogP contribution in [0.4, 0.5) is 0 Å². The Morgan fingerprint density at radius 2 is 1.67 bits per heavy atom. The van der Waals surface area contributed by atoms with Crippen LogP contribution < -0.4 is 0 Å². The molecule has 0 nitrogen and oxygen atoms in total. The molecule has 0 saturated carbocycles. The van der Waals surface area contributed by atoms with E-state index in [1.807, 2.05) is 12.1 Å². The SMILES string of the molecule is CCC(Cc1ccc(C(C)(C)C)cc1)c1cccc(Cl)c1. The molecule has 0 fully saturated rings. The molecule has 1 heteroatoms. The summed E-state index contributed by atoms with van der Waals surface area (Å²) in [5.74, 6) is 0.532. The van der Waals surface area contributed by atoms with E-state index in [0.717, 1.165) is 17.9 Å². The number of hydrogen-bond acceptors (Lipinski definition) is 0. The van der Waals surface area contributed by atoms with Gasteiger partial charge in [0.2, 0.25) is 0 Å². The minimum atomic E-state index is 0.218. The first-order valence-electron chi connectivity index (χ1n) is 7.75. The molecule has 0 radical (unpaired) electrons. The van der Waals surface area contributed by atoms with Crippen LogP contribution in [0.2, 0.25) is 5.02 Å². The summed E-state index contributed by atoms with van der Waals surface area (Å²) < 4.78 is 0.